The zero-order valence-electron chi connectivity index (χ0n) is 16.2. The lowest BCUT2D eigenvalue weighted by Crippen LogP contribution is -2.36. The van der Waals surface area contributed by atoms with Crippen LogP contribution in [-0.2, 0) is 11.6 Å². The molecule has 0 aliphatic heterocycles. The van der Waals surface area contributed by atoms with Gasteiger partial charge in [-0.1, -0.05) is 32.0 Å². The average molecular weight is 403 g/mol. The number of alkyl halides is 3. The highest BCUT2D eigenvalue weighted by Crippen LogP contribution is 2.32. The summed E-state index contributed by atoms with van der Waals surface area (Å²) in [6.07, 6.45) is -2.95. The summed E-state index contributed by atoms with van der Waals surface area (Å²) in [5.74, 6) is -0.309. The fraction of sp³-hybridized carbons (Fsp3) is 0.300. The molecule has 3 aromatic rings. The molecule has 0 unspecified atom stereocenters. The van der Waals surface area contributed by atoms with Gasteiger partial charge in [0, 0.05) is 17.5 Å². The van der Waals surface area contributed by atoms with Crippen LogP contribution in [0.3, 0.4) is 0 Å². The third-order valence-electron chi connectivity index (χ3n) is 4.72. The van der Waals surface area contributed by atoms with Crippen LogP contribution < -0.4 is 5.32 Å². The molecule has 1 N–H and O–H groups in total. The zero-order chi connectivity index (χ0) is 21.2. The molecule has 0 spiro atoms. The number of benzene rings is 2. The van der Waals surface area contributed by atoms with E-state index in [1.165, 1.54) is 17.1 Å². The lowest BCUT2D eigenvalue weighted by molar-refractivity contribution is -0.137. The second-order valence-corrected chi connectivity index (χ2v) is 7.40. The van der Waals surface area contributed by atoms with Gasteiger partial charge in [-0.05, 0) is 52.7 Å². The van der Waals surface area contributed by atoms with Gasteiger partial charge in [0.15, 0.2) is 0 Å². The minimum atomic E-state index is -4.41. The largest absolute Gasteiger partial charge is 0.416 e. The molecule has 0 atom stereocenters. The number of carbonyl (C=O) groups is 1. The second kappa shape index (κ2) is 7.65. The maximum atomic E-state index is 13.0. The zero-order valence-corrected chi connectivity index (χ0v) is 16.2. The predicted octanol–water partition coefficient (Wildman–Crippen LogP) is 3.70. The van der Waals surface area contributed by atoms with E-state index in [0.29, 0.717) is 11.1 Å². The van der Waals surface area contributed by atoms with Crippen molar-refractivity contribution in [2.45, 2.75) is 32.4 Å². The Morgan fingerprint density at radius 3 is 2.45 bits per heavy atom. The molecule has 1 heterocycles. The highest BCUT2D eigenvalue weighted by molar-refractivity contribution is 5.94. The first-order chi connectivity index (χ1) is 13.6. The Bertz CT molecular complexity index is 1010. The Labute approximate surface area is 165 Å². The van der Waals surface area contributed by atoms with Crippen LogP contribution in [0.4, 0.5) is 13.2 Å². The molecule has 152 valence electrons. The molecule has 2 aromatic carbocycles. The first-order valence-corrected chi connectivity index (χ1v) is 8.88. The molecule has 0 bridgehead atoms. The number of amides is 1. The summed E-state index contributed by atoms with van der Waals surface area (Å²) in [7, 11) is 0. The number of rotatable bonds is 5. The van der Waals surface area contributed by atoms with E-state index in [2.05, 4.69) is 20.8 Å². The molecular formula is C20H20F3N5O. The van der Waals surface area contributed by atoms with Crippen molar-refractivity contribution in [2.24, 2.45) is 0 Å². The molecule has 29 heavy (non-hydrogen) atoms. The van der Waals surface area contributed by atoms with Crippen molar-refractivity contribution in [3.8, 4) is 5.69 Å². The topological polar surface area (TPSA) is 72.7 Å². The van der Waals surface area contributed by atoms with Gasteiger partial charge in [0.25, 0.3) is 5.91 Å². The number of carbonyl (C=O) groups excluding carboxylic acids is 1. The van der Waals surface area contributed by atoms with E-state index in [1.807, 2.05) is 6.92 Å². The fourth-order valence-corrected chi connectivity index (χ4v) is 2.95. The number of aromatic nitrogens is 4. The molecule has 0 saturated heterocycles. The lowest BCUT2D eigenvalue weighted by Gasteiger charge is -2.26. The Balaban J connectivity index is 1.72. The van der Waals surface area contributed by atoms with E-state index in [1.54, 1.807) is 38.1 Å². The van der Waals surface area contributed by atoms with Crippen molar-refractivity contribution >= 4 is 5.91 Å². The summed E-state index contributed by atoms with van der Waals surface area (Å²) in [5.41, 5.74) is 1.11. The van der Waals surface area contributed by atoms with Crippen LogP contribution in [-0.4, -0.2) is 32.7 Å². The van der Waals surface area contributed by atoms with E-state index in [9.17, 15) is 18.0 Å². The normalized spacial score (nSPS) is 12.1. The van der Waals surface area contributed by atoms with E-state index in [-0.39, 0.29) is 12.5 Å². The molecule has 1 amide bonds. The van der Waals surface area contributed by atoms with E-state index >= 15 is 0 Å². The molecule has 0 fully saturated rings. The SMILES string of the molecule is Cc1cc(C(=O)NCC(C)(C)c2cccc(C(F)(F)F)c2)ccc1-n1cnnn1. The summed E-state index contributed by atoms with van der Waals surface area (Å²) in [6.45, 7) is 5.59. The van der Waals surface area contributed by atoms with Gasteiger partial charge in [0.05, 0.1) is 11.3 Å². The van der Waals surface area contributed by atoms with E-state index < -0.39 is 17.2 Å². The smallest absolute Gasteiger partial charge is 0.351 e. The molecule has 3 rings (SSSR count). The van der Waals surface area contributed by atoms with Crippen LogP contribution in [0.15, 0.2) is 48.8 Å². The highest BCUT2D eigenvalue weighted by atomic mass is 19.4. The third-order valence-corrected chi connectivity index (χ3v) is 4.72. The van der Waals surface area contributed by atoms with Gasteiger partial charge in [-0.25, -0.2) is 4.68 Å². The quantitative estimate of drug-likeness (QED) is 0.705. The molecule has 0 aliphatic carbocycles. The summed E-state index contributed by atoms with van der Waals surface area (Å²) in [6, 6.07) is 10.3. The number of halogens is 3. The standard InChI is InChI=1S/C20H20F3N5O/c1-13-9-14(7-8-17(13)28-12-25-26-27-28)18(29)24-11-19(2,3)15-5-4-6-16(10-15)20(21,22)23/h4-10,12H,11H2,1-3H3,(H,24,29). The molecule has 0 aliphatic rings. The lowest BCUT2D eigenvalue weighted by atomic mass is 9.83. The molecule has 1 aromatic heterocycles. The minimum Gasteiger partial charge on any atom is -0.351 e. The van der Waals surface area contributed by atoms with Crippen molar-refractivity contribution < 1.29 is 18.0 Å². The van der Waals surface area contributed by atoms with Crippen molar-refractivity contribution in [2.75, 3.05) is 6.54 Å². The summed E-state index contributed by atoms with van der Waals surface area (Å²) in [4.78, 5) is 12.6. The Kier molecular flexibility index (Phi) is 5.41. The molecule has 6 nitrogen and oxygen atoms in total. The van der Waals surface area contributed by atoms with Gasteiger partial charge in [-0.15, -0.1) is 5.10 Å². The van der Waals surface area contributed by atoms with Crippen molar-refractivity contribution in [1.29, 1.82) is 0 Å². The van der Waals surface area contributed by atoms with Crippen LogP contribution in [0.25, 0.3) is 5.69 Å². The number of nitrogens with zero attached hydrogens (tertiary/aromatic N) is 4. The second-order valence-electron chi connectivity index (χ2n) is 7.40. The number of hydrogen-bond acceptors (Lipinski definition) is 4. The van der Waals surface area contributed by atoms with E-state index in [0.717, 1.165) is 23.4 Å². The summed E-state index contributed by atoms with van der Waals surface area (Å²) < 4.78 is 40.4. The Hall–Kier alpha value is -3.23. The number of nitrogens with one attached hydrogen (secondary N) is 1. The third kappa shape index (κ3) is 4.61. The summed E-state index contributed by atoms with van der Waals surface area (Å²) >= 11 is 0. The van der Waals surface area contributed by atoms with Crippen LogP contribution in [0, 0.1) is 6.92 Å². The first kappa shape index (κ1) is 20.5. The fourth-order valence-electron chi connectivity index (χ4n) is 2.95. The van der Waals surface area contributed by atoms with Gasteiger partial charge >= 0.3 is 6.18 Å². The average Bonchev–Trinajstić information content (AvgIpc) is 3.20. The van der Waals surface area contributed by atoms with Gasteiger partial charge in [0.2, 0.25) is 0 Å². The van der Waals surface area contributed by atoms with Gasteiger partial charge < -0.3 is 5.32 Å². The van der Waals surface area contributed by atoms with Crippen LogP contribution in [0.2, 0.25) is 0 Å². The van der Waals surface area contributed by atoms with Gasteiger partial charge in [-0.2, -0.15) is 13.2 Å². The monoisotopic (exact) mass is 403 g/mol. The molecule has 9 heteroatoms. The molecular weight excluding hydrogens is 383 g/mol. The van der Waals surface area contributed by atoms with Crippen molar-refractivity contribution in [3.63, 3.8) is 0 Å². The molecule has 0 radical (unpaired) electrons. The van der Waals surface area contributed by atoms with Crippen LogP contribution in [0.5, 0.6) is 0 Å². The number of aryl methyl sites for hydroxylation is 1. The highest BCUT2D eigenvalue weighted by Gasteiger charge is 2.32. The summed E-state index contributed by atoms with van der Waals surface area (Å²) in [5, 5.41) is 13.8. The van der Waals surface area contributed by atoms with Crippen LogP contribution in [0.1, 0.15) is 40.9 Å². The number of hydrogen-bond donors (Lipinski definition) is 1. The van der Waals surface area contributed by atoms with Crippen LogP contribution >= 0.6 is 0 Å². The maximum absolute atomic E-state index is 13.0. The Morgan fingerprint density at radius 1 is 1.10 bits per heavy atom. The van der Waals surface area contributed by atoms with Crippen molar-refractivity contribution in [1.82, 2.24) is 25.5 Å². The maximum Gasteiger partial charge on any atom is 0.416 e. The van der Waals surface area contributed by atoms with Gasteiger partial charge in [0.1, 0.15) is 6.33 Å². The predicted molar refractivity (Wildman–Crippen MR) is 101 cm³/mol. The van der Waals surface area contributed by atoms with Crippen molar-refractivity contribution in [3.05, 3.63) is 71.0 Å². The first-order valence-electron chi connectivity index (χ1n) is 8.88. The van der Waals surface area contributed by atoms with E-state index in [4.69, 9.17) is 0 Å². The molecule has 0 saturated carbocycles. The van der Waals surface area contributed by atoms with Gasteiger partial charge in [-0.3, -0.25) is 4.79 Å². The Morgan fingerprint density at radius 2 is 1.83 bits per heavy atom. The number of tetrazole rings is 1. The minimum absolute atomic E-state index is 0.181.